The second kappa shape index (κ2) is 5.80. The first-order valence-corrected chi connectivity index (χ1v) is 7.65. The summed E-state index contributed by atoms with van der Waals surface area (Å²) in [5, 5.41) is 3.14. The van der Waals surface area contributed by atoms with Gasteiger partial charge in [-0.05, 0) is 54.7 Å². The molecule has 3 rings (SSSR count). The van der Waals surface area contributed by atoms with Crippen molar-refractivity contribution in [3.8, 4) is 0 Å². The van der Waals surface area contributed by atoms with Crippen molar-refractivity contribution < 1.29 is 4.79 Å². The minimum absolute atomic E-state index is 0.0242. The van der Waals surface area contributed by atoms with Gasteiger partial charge in [-0.3, -0.25) is 4.79 Å². The molecule has 0 saturated carbocycles. The molecule has 1 N–H and O–H groups in total. The van der Waals surface area contributed by atoms with E-state index in [1.54, 1.807) is 0 Å². The predicted octanol–water partition coefficient (Wildman–Crippen LogP) is 3.74. The molecule has 1 aliphatic rings. The van der Waals surface area contributed by atoms with Crippen LogP contribution >= 0.6 is 15.9 Å². The summed E-state index contributed by atoms with van der Waals surface area (Å²) in [6.07, 6.45) is 2.94. The summed E-state index contributed by atoms with van der Waals surface area (Å²) < 4.78 is 1.13. The van der Waals surface area contributed by atoms with Gasteiger partial charge in [0.15, 0.2) is 0 Å². The van der Waals surface area contributed by atoms with Gasteiger partial charge in [-0.2, -0.15) is 0 Å². The SMILES string of the molecule is O=C(NC1CCc2cc(Br)ccc2C1)c1ccccc1. The molecular weight excluding hydrogens is 314 g/mol. The minimum atomic E-state index is 0.0242. The molecule has 0 saturated heterocycles. The molecule has 0 fully saturated rings. The van der Waals surface area contributed by atoms with Gasteiger partial charge < -0.3 is 5.32 Å². The predicted molar refractivity (Wildman–Crippen MR) is 83.9 cm³/mol. The van der Waals surface area contributed by atoms with Crippen molar-refractivity contribution in [1.29, 1.82) is 0 Å². The lowest BCUT2D eigenvalue weighted by atomic mass is 9.88. The second-order valence-electron chi connectivity index (χ2n) is 5.19. The van der Waals surface area contributed by atoms with Crippen LogP contribution in [0.4, 0.5) is 0 Å². The highest BCUT2D eigenvalue weighted by Gasteiger charge is 2.20. The van der Waals surface area contributed by atoms with Crippen molar-refractivity contribution in [3.63, 3.8) is 0 Å². The second-order valence-corrected chi connectivity index (χ2v) is 6.11. The average molecular weight is 330 g/mol. The van der Waals surface area contributed by atoms with Crippen molar-refractivity contribution in [2.75, 3.05) is 0 Å². The molecular formula is C17H16BrNO. The number of rotatable bonds is 2. The van der Waals surface area contributed by atoms with E-state index in [2.05, 4.69) is 39.4 Å². The maximum absolute atomic E-state index is 12.2. The molecule has 0 bridgehead atoms. The van der Waals surface area contributed by atoms with Gasteiger partial charge in [-0.15, -0.1) is 0 Å². The molecule has 1 unspecified atom stereocenters. The van der Waals surface area contributed by atoms with Gasteiger partial charge in [-0.25, -0.2) is 0 Å². The van der Waals surface area contributed by atoms with Crippen LogP contribution in [0.25, 0.3) is 0 Å². The Morgan fingerprint density at radius 2 is 1.90 bits per heavy atom. The molecule has 2 aromatic carbocycles. The van der Waals surface area contributed by atoms with Gasteiger partial charge >= 0.3 is 0 Å². The molecule has 2 aromatic rings. The van der Waals surface area contributed by atoms with Crippen molar-refractivity contribution >= 4 is 21.8 Å². The van der Waals surface area contributed by atoms with Crippen LogP contribution in [0.1, 0.15) is 27.9 Å². The minimum Gasteiger partial charge on any atom is -0.349 e. The number of fused-ring (bicyclic) bond motifs is 1. The fraction of sp³-hybridized carbons (Fsp3) is 0.235. The van der Waals surface area contributed by atoms with Crippen LogP contribution in [0.15, 0.2) is 53.0 Å². The Bertz CT molecular complexity index is 624. The third-order valence-electron chi connectivity index (χ3n) is 3.77. The van der Waals surface area contributed by atoms with Gasteiger partial charge in [0.1, 0.15) is 0 Å². The average Bonchev–Trinajstić information content (AvgIpc) is 2.48. The van der Waals surface area contributed by atoms with E-state index < -0.39 is 0 Å². The van der Waals surface area contributed by atoms with Crippen LogP contribution in [0.3, 0.4) is 0 Å². The Morgan fingerprint density at radius 3 is 2.70 bits per heavy atom. The zero-order valence-electron chi connectivity index (χ0n) is 11.1. The molecule has 20 heavy (non-hydrogen) atoms. The van der Waals surface area contributed by atoms with E-state index in [9.17, 15) is 4.79 Å². The Morgan fingerprint density at radius 1 is 1.10 bits per heavy atom. The van der Waals surface area contributed by atoms with Crippen LogP contribution in [-0.2, 0) is 12.8 Å². The summed E-state index contributed by atoms with van der Waals surface area (Å²) in [7, 11) is 0. The van der Waals surface area contributed by atoms with Crippen LogP contribution in [0, 0.1) is 0 Å². The third-order valence-corrected chi connectivity index (χ3v) is 4.26. The van der Waals surface area contributed by atoms with Crippen LogP contribution in [0.5, 0.6) is 0 Å². The highest BCUT2D eigenvalue weighted by Crippen LogP contribution is 2.25. The molecule has 0 spiro atoms. The number of amides is 1. The number of carbonyl (C=O) groups is 1. The number of carbonyl (C=O) groups excluding carboxylic acids is 1. The molecule has 1 aliphatic carbocycles. The van der Waals surface area contributed by atoms with E-state index in [1.807, 2.05) is 30.3 Å². The standard InChI is InChI=1S/C17H16BrNO/c18-15-8-6-14-11-16(9-7-13(14)10-15)19-17(20)12-4-2-1-3-5-12/h1-6,8,10,16H,7,9,11H2,(H,19,20). The number of benzene rings is 2. The van der Waals surface area contributed by atoms with Crippen molar-refractivity contribution in [3.05, 3.63) is 69.7 Å². The zero-order chi connectivity index (χ0) is 13.9. The summed E-state index contributed by atoms with van der Waals surface area (Å²) >= 11 is 3.51. The number of aryl methyl sites for hydroxylation is 1. The van der Waals surface area contributed by atoms with E-state index in [0.717, 1.165) is 29.3 Å². The number of hydrogen-bond acceptors (Lipinski definition) is 1. The molecule has 0 aromatic heterocycles. The largest absolute Gasteiger partial charge is 0.349 e. The van der Waals surface area contributed by atoms with E-state index >= 15 is 0 Å². The van der Waals surface area contributed by atoms with Crippen LogP contribution in [0.2, 0.25) is 0 Å². The molecule has 3 heteroatoms. The van der Waals surface area contributed by atoms with Crippen molar-refractivity contribution in [1.82, 2.24) is 5.32 Å². The molecule has 0 aliphatic heterocycles. The highest BCUT2D eigenvalue weighted by molar-refractivity contribution is 9.10. The van der Waals surface area contributed by atoms with Gasteiger partial charge in [0.25, 0.3) is 5.91 Å². The van der Waals surface area contributed by atoms with Gasteiger partial charge in [0, 0.05) is 16.1 Å². The van der Waals surface area contributed by atoms with Crippen molar-refractivity contribution in [2.24, 2.45) is 0 Å². The molecule has 0 radical (unpaired) electrons. The van der Waals surface area contributed by atoms with E-state index in [0.29, 0.717) is 0 Å². The normalized spacial score (nSPS) is 17.4. The molecule has 102 valence electrons. The lowest BCUT2D eigenvalue weighted by molar-refractivity contribution is 0.0933. The number of nitrogens with one attached hydrogen (secondary N) is 1. The number of hydrogen-bond donors (Lipinski definition) is 1. The zero-order valence-corrected chi connectivity index (χ0v) is 12.7. The van der Waals surface area contributed by atoms with E-state index in [1.165, 1.54) is 11.1 Å². The highest BCUT2D eigenvalue weighted by atomic mass is 79.9. The van der Waals surface area contributed by atoms with Crippen LogP contribution < -0.4 is 5.32 Å². The van der Waals surface area contributed by atoms with Gasteiger partial charge in [-0.1, -0.05) is 40.2 Å². The molecule has 0 heterocycles. The van der Waals surface area contributed by atoms with Crippen molar-refractivity contribution in [2.45, 2.75) is 25.3 Å². The Kier molecular flexibility index (Phi) is 3.88. The monoisotopic (exact) mass is 329 g/mol. The quantitative estimate of drug-likeness (QED) is 0.893. The summed E-state index contributed by atoms with van der Waals surface area (Å²) in [6.45, 7) is 0. The molecule has 2 nitrogen and oxygen atoms in total. The van der Waals surface area contributed by atoms with Gasteiger partial charge in [0.2, 0.25) is 0 Å². The summed E-state index contributed by atoms with van der Waals surface area (Å²) in [6, 6.07) is 16.0. The fourth-order valence-corrected chi connectivity index (χ4v) is 3.11. The van der Waals surface area contributed by atoms with E-state index in [4.69, 9.17) is 0 Å². The lowest BCUT2D eigenvalue weighted by Gasteiger charge is -2.25. The Hall–Kier alpha value is -1.61. The summed E-state index contributed by atoms with van der Waals surface area (Å²) in [4.78, 5) is 12.2. The topological polar surface area (TPSA) is 29.1 Å². The molecule has 1 atom stereocenters. The third kappa shape index (κ3) is 2.93. The van der Waals surface area contributed by atoms with Crippen LogP contribution in [-0.4, -0.2) is 11.9 Å². The van der Waals surface area contributed by atoms with Gasteiger partial charge in [0.05, 0.1) is 0 Å². The first-order valence-electron chi connectivity index (χ1n) is 6.85. The summed E-state index contributed by atoms with van der Waals surface area (Å²) in [5.41, 5.74) is 3.47. The molecule has 1 amide bonds. The lowest BCUT2D eigenvalue weighted by Crippen LogP contribution is -2.38. The first kappa shape index (κ1) is 13.4. The number of halogens is 1. The first-order chi connectivity index (χ1) is 9.72. The summed E-state index contributed by atoms with van der Waals surface area (Å²) in [5.74, 6) is 0.0242. The Balaban J connectivity index is 1.69. The maximum atomic E-state index is 12.2. The van der Waals surface area contributed by atoms with E-state index in [-0.39, 0.29) is 11.9 Å². The smallest absolute Gasteiger partial charge is 0.251 e. The fourth-order valence-electron chi connectivity index (χ4n) is 2.71. The Labute approximate surface area is 127 Å². The maximum Gasteiger partial charge on any atom is 0.251 e.